The first-order valence-electron chi connectivity index (χ1n) is 10.6. The van der Waals surface area contributed by atoms with Crippen LogP contribution < -0.4 is 10.1 Å². The maximum Gasteiger partial charge on any atom is 0.255 e. The molecule has 1 aliphatic heterocycles. The minimum absolute atomic E-state index is 0.0723. The number of nitrogens with zero attached hydrogens (tertiary/aromatic N) is 1. The molecule has 1 saturated heterocycles. The summed E-state index contributed by atoms with van der Waals surface area (Å²) in [4.78, 5) is 26.8. The predicted octanol–water partition coefficient (Wildman–Crippen LogP) is 3.58. The molecule has 0 radical (unpaired) electrons. The van der Waals surface area contributed by atoms with E-state index in [1.807, 2.05) is 23.1 Å². The number of ether oxygens (including phenoxy) is 1. The Balaban J connectivity index is 1.25. The van der Waals surface area contributed by atoms with Crippen molar-refractivity contribution in [1.29, 1.82) is 0 Å². The van der Waals surface area contributed by atoms with E-state index >= 15 is 0 Å². The Kier molecular flexibility index (Phi) is 6.31. The highest BCUT2D eigenvalue weighted by Crippen LogP contribution is 2.25. The summed E-state index contributed by atoms with van der Waals surface area (Å²) in [7, 11) is 0. The van der Waals surface area contributed by atoms with E-state index in [1.54, 1.807) is 18.2 Å². The van der Waals surface area contributed by atoms with Crippen molar-refractivity contribution in [3.05, 3.63) is 65.5 Å². The highest BCUT2D eigenvalue weighted by molar-refractivity contribution is 5.97. The minimum atomic E-state index is -0.293. The molecule has 2 amide bonds. The summed E-state index contributed by atoms with van der Waals surface area (Å²) in [6.07, 6.45) is 4.13. The van der Waals surface area contributed by atoms with Gasteiger partial charge in [0, 0.05) is 19.1 Å². The van der Waals surface area contributed by atoms with E-state index in [0.29, 0.717) is 49.4 Å². The molecule has 30 heavy (non-hydrogen) atoms. The summed E-state index contributed by atoms with van der Waals surface area (Å²) in [5, 5.41) is 3.01. The topological polar surface area (TPSA) is 58.6 Å². The first kappa shape index (κ1) is 20.4. The van der Waals surface area contributed by atoms with Gasteiger partial charge in [0.2, 0.25) is 5.91 Å². The van der Waals surface area contributed by atoms with Crippen molar-refractivity contribution in [1.82, 2.24) is 10.2 Å². The Bertz CT molecular complexity index is 888. The molecule has 0 spiro atoms. The van der Waals surface area contributed by atoms with Crippen LogP contribution in [0.1, 0.15) is 41.6 Å². The maximum absolute atomic E-state index is 13.0. The third-order valence-corrected chi connectivity index (χ3v) is 5.75. The molecule has 0 aromatic heterocycles. The number of likely N-dealkylation sites (tertiary alicyclic amines) is 1. The Morgan fingerprint density at radius 1 is 1.00 bits per heavy atom. The zero-order valence-corrected chi connectivity index (χ0v) is 17.0. The summed E-state index contributed by atoms with van der Waals surface area (Å²) in [5.41, 5.74) is 1.41. The first-order valence-corrected chi connectivity index (χ1v) is 10.6. The van der Waals surface area contributed by atoms with Crippen molar-refractivity contribution in [2.75, 3.05) is 19.7 Å². The van der Waals surface area contributed by atoms with Crippen LogP contribution in [0.5, 0.6) is 5.75 Å². The number of rotatable bonds is 7. The molecule has 2 fully saturated rings. The summed E-state index contributed by atoms with van der Waals surface area (Å²) >= 11 is 0. The molecule has 1 aliphatic carbocycles. The van der Waals surface area contributed by atoms with Crippen LogP contribution in [-0.2, 0) is 11.2 Å². The number of carbonyl (C=O) groups is 2. The number of para-hydroxylation sites is 1. The standard InChI is InChI=1S/C24H27FN2O3/c25-19-7-5-17(6-8-19)15-23(28)27-13-11-18(12-14-27)16-30-22-4-2-1-3-21(22)24(29)26-20-9-10-20/h1-8,18,20H,9-16H2,(H,26,29). The Hall–Kier alpha value is -2.89. The molecule has 5 nitrogen and oxygen atoms in total. The molecule has 1 N–H and O–H groups in total. The van der Waals surface area contributed by atoms with E-state index in [0.717, 1.165) is 31.2 Å². The molecule has 0 bridgehead atoms. The fourth-order valence-corrected chi connectivity index (χ4v) is 3.72. The lowest BCUT2D eigenvalue weighted by atomic mass is 9.97. The second-order valence-electron chi connectivity index (χ2n) is 8.18. The molecule has 0 unspecified atom stereocenters. The lowest BCUT2D eigenvalue weighted by Crippen LogP contribution is -2.40. The number of piperidine rings is 1. The van der Waals surface area contributed by atoms with Gasteiger partial charge in [0.1, 0.15) is 11.6 Å². The molecule has 1 saturated carbocycles. The van der Waals surface area contributed by atoms with Crippen molar-refractivity contribution in [2.45, 2.75) is 38.1 Å². The number of nitrogens with one attached hydrogen (secondary N) is 1. The molecule has 4 rings (SSSR count). The molecule has 2 aliphatic rings. The molecular formula is C24H27FN2O3. The van der Waals surface area contributed by atoms with Gasteiger partial charge >= 0.3 is 0 Å². The van der Waals surface area contributed by atoms with Gasteiger partial charge in [0.25, 0.3) is 5.91 Å². The summed E-state index contributed by atoms with van der Waals surface area (Å²) in [5.74, 6) is 0.667. The van der Waals surface area contributed by atoms with Crippen LogP contribution in [0.2, 0.25) is 0 Å². The number of amides is 2. The number of halogens is 1. The summed E-state index contributed by atoms with van der Waals surface area (Å²) < 4.78 is 19.0. The number of hydrogen-bond acceptors (Lipinski definition) is 3. The summed E-state index contributed by atoms with van der Waals surface area (Å²) in [6, 6.07) is 13.7. The normalized spacial score (nSPS) is 16.9. The van der Waals surface area contributed by atoms with Gasteiger partial charge in [-0.05, 0) is 61.4 Å². The van der Waals surface area contributed by atoms with Gasteiger partial charge in [-0.3, -0.25) is 9.59 Å². The van der Waals surface area contributed by atoms with Crippen molar-refractivity contribution >= 4 is 11.8 Å². The number of hydrogen-bond donors (Lipinski definition) is 1. The van der Waals surface area contributed by atoms with Crippen LogP contribution >= 0.6 is 0 Å². The molecule has 2 aromatic rings. The van der Waals surface area contributed by atoms with Gasteiger partial charge in [0.15, 0.2) is 0 Å². The zero-order chi connectivity index (χ0) is 20.9. The Morgan fingerprint density at radius 2 is 1.70 bits per heavy atom. The van der Waals surface area contributed by atoms with Crippen molar-refractivity contribution in [2.24, 2.45) is 5.92 Å². The Labute approximate surface area is 176 Å². The lowest BCUT2D eigenvalue weighted by Gasteiger charge is -2.32. The fourth-order valence-electron chi connectivity index (χ4n) is 3.72. The average Bonchev–Trinajstić information content (AvgIpc) is 3.58. The third-order valence-electron chi connectivity index (χ3n) is 5.75. The van der Waals surface area contributed by atoms with Gasteiger partial charge in [-0.2, -0.15) is 0 Å². The van der Waals surface area contributed by atoms with E-state index < -0.39 is 0 Å². The van der Waals surface area contributed by atoms with Gasteiger partial charge < -0.3 is 15.0 Å². The summed E-state index contributed by atoms with van der Waals surface area (Å²) in [6.45, 7) is 1.92. The van der Waals surface area contributed by atoms with E-state index in [4.69, 9.17) is 4.74 Å². The largest absolute Gasteiger partial charge is 0.492 e. The van der Waals surface area contributed by atoms with Gasteiger partial charge in [-0.25, -0.2) is 4.39 Å². The molecule has 6 heteroatoms. The van der Waals surface area contributed by atoms with Crippen LogP contribution in [-0.4, -0.2) is 42.5 Å². The van der Waals surface area contributed by atoms with Crippen LogP contribution in [0, 0.1) is 11.7 Å². The highest BCUT2D eigenvalue weighted by Gasteiger charge is 2.26. The van der Waals surface area contributed by atoms with Crippen molar-refractivity contribution in [3.63, 3.8) is 0 Å². The van der Waals surface area contributed by atoms with Gasteiger partial charge in [-0.15, -0.1) is 0 Å². The van der Waals surface area contributed by atoms with Crippen LogP contribution in [0.3, 0.4) is 0 Å². The molecule has 158 valence electrons. The quantitative estimate of drug-likeness (QED) is 0.759. The second-order valence-corrected chi connectivity index (χ2v) is 8.18. The van der Waals surface area contributed by atoms with Gasteiger partial charge in [0.05, 0.1) is 18.6 Å². The zero-order valence-electron chi connectivity index (χ0n) is 17.0. The number of benzene rings is 2. The second kappa shape index (κ2) is 9.28. The van der Waals surface area contributed by atoms with Crippen LogP contribution in [0.15, 0.2) is 48.5 Å². The van der Waals surface area contributed by atoms with E-state index in [9.17, 15) is 14.0 Å². The van der Waals surface area contributed by atoms with Crippen molar-refractivity contribution in [3.8, 4) is 5.75 Å². The van der Waals surface area contributed by atoms with Crippen LogP contribution in [0.4, 0.5) is 4.39 Å². The monoisotopic (exact) mass is 410 g/mol. The predicted molar refractivity (Wildman–Crippen MR) is 112 cm³/mol. The molecule has 0 atom stereocenters. The fraction of sp³-hybridized carbons (Fsp3) is 0.417. The van der Waals surface area contributed by atoms with Crippen LogP contribution in [0.25, 0.3) is 0 Å². The lowest BCUT2D eigenvalue weighted by molar-refractivity contribution is -0.132. The van der Waals surface area contributed by atoms with E-state index in [1.165, 1.54) is 12.1 Å². The van der Waals surface area contributed by atoms with Crippen molar-refractivity contribution < 1.29 is 18.7 Å². The smallest absolute Gasteiger partial charge is 0.255 e. The van der Waals surface area contributed by atoms with Gasteiger partial charge in [-0.1, -0.05) is 24.3 Å². The SMILES string of the molecule is O=C(NC1CC1)c1ccccc1OCC1CCN(C(=O)Cc2ccc(F)cc2)CC1. The maximum atomic E-state index is 13.0. The number of carbonyl (C=O) groups excluding carboxylic acids is 2. The third kappa shape index (κ3) is 5.38. The molecule has 2 aromatic carbocycles. The van der Waals surface area contributed by atoms with E-state index in [-0.39, 0.29) is 17.6 Å². The minimum Gasteiger partial charge on any atom is -0.492 e. The van der Waals surface area contributed by atoms with E-state index in [2.05, 4.69) is 5.32 Å². The Morgan fingerprint density at radius 3 is 2.40 bits per heavy atom. The first-order chi connectivity index (χ1) is 14.6. The average molecular weight is 410 g/mol. The molecular weight excluding hydrogens is 383 g/mol. The molecule has 1 heterocycles. The highest BCUT2D eigenvalue weighted by atomic mass is 19.1.